The second-order valence-electron chi connectivity index (χ2n) is 10.2. The molecule has 2 aromatic carbocycles. The maximum Gasteiger partial charge on any atom is 0.410 e. The minimum absolute atomic E-state index is 0.0564. The minimum atomic E-state index is -3.03. The maximum atomic E-state index is 13.0. The summed E-state index contributed by atoms with van der Waals surface area (Å²) in [5.41, 5.74) is 9.35. The summed E-state index contributed by atoms with van der Waals surface area (Å²) in [6.45, 7) is 3.36. The number of hydrogen-bond donors (Lipinski definition) is 2. The molecule has 2 aromatic heterocycles. The lowest BCUT2D eigenvalue weighted by Crippen LogP contribution is -2.53. The van der Waals surface area contributed by atoms with Gasteiger partial charge in [-0.05, 0) is 31.4 Å². The van der Waals surface area contributed by atoms with Crippen molar-refractivity contribution in [2.75, 3.05) is 30.4 Å². The molecule has 3 N–H and O–H groups in total. The smallest absolute Gasteiger partial charge is 0.410 e. The van der Waals surface area contributed by atoms with Crippen LogP contribution in [0.5, 0.6) is 0 Å². The molecule has 1 aliphatic rings. The number of aryl methyl sites for hydroxylation is 1. The highest BCUT2D eigenvalue weighted by atomic mass is 32.2. The number of nitrogen functional groups attached to an aromatic ring is 1. The summed E-state index contributed by atoms with van der Waals surface area (Å²) in [7, 11) is -3.03. The van der Waals surface area contributed by atoms with E-state index in [-0.39, 0.29) is 31.3 Å². The van der Waals surface area contributed by atoms with Crippen molar-refractivity contribution in [1.82, 2.24) is 24.8 Å². The van der Waals surface area contributed by atoms with Gasteiger partial charge in [-0.25, -0.2) is 28.0 Å². The van der Waals surface area contributed by atoms with Gasteiger partial charge in [0.05, 0.1) is 41.7 Å². The number of sulfone groups is 1. The number of ether oxygens (including phenoxy) is 2. The molecule has 0 radical (unpaired) electrons. The van der Waals surface area contributed by atoms with Gasteiger partial charge in [0.15, 0.2) is 15.7 Å². The Hall–Kier alpha value is -4.39. The van der Waals surface area contributed by atoms with Gasteiger partial charge in [0.2, 0.25) is 0 Å². The van der Waals surface area contributed by atoms with Crippen molar-refractivity contribution >= 4 is 49.8 Å². The third-order valence-corrected chi connectivity index (χ3v) is 8.93. The monoisotopic (exact) mass is 594 g/mol. The Labute approximate surface area is 243 Å². The van der Waals surface area contributed by atoms with Gasteiger partial charge in [0.1, 0.15) is 17.9 Å². The number of nitrogens with two attached hydrogens (primary N) is 1. The quantitative estimate of drug-likeness (QED) is 0.247. The molecule has 0 spiro atoms. The molecular weight excluding hydrogens is 560 g/mol. The van der Waals surface area contributed by atoms with E-state index in [1.165, 1.54) is 0 Å². The van der Waals surface area contributed by atoms with E-state index in [0.29, 0.717) is 43.1 Å². The predicted octanol–water partition coefficient (Wildman–Crippen LogP) is 3.63. The highest BCUT2D eigenvalue weighted by molar-refractivity contribution is 7.92. The van der Waals surface area contributed by atoms with E-state index in [2.05, 4.69) is 10.3 Å². The number of carbonyl (C=O) groups excluding carboxylic acids is 2. The molecule has 0 bridgehead atoms. The van der Waals surface area contributed by atoms with E-state index in [9.17, 15) is 18.0 Å². The molecule has 222 valence electrons. The molecule has 2 amide bonds. The Balaban J connectivity index is 1.29. The molecule has 12 nitrogen and oxygen atoms in total. The number of nitrogens with one attached hydrogen (secondary N) is 1. The molecule has 0 saturated carbocycles. The third kappa shape index (κ3) is 6.73. The normalized spacial score (nSPS) is 14.4. The number of benzene rings is 2. The van der Waals surface area contributed by atoms with Crippen molar-refractivity contribution in [3.8, 4) is 0 Å². The molecule has 4 aromatic rings. The van der Waals surface area contributed by atoms with E-state index >= 15 is 0 Å². The van der Waals surface area contributed by atoms with Crippen LogP contribution in [-0.4, -0.2) is 70.7 Å². The number of carbonyl (C=O) groups is 2. The van der Waals surface area contributed by atoms with E-state index in [4.69, 9.17) is 20.2 Å². The topological polar surface area (TPSA) is 159 Å². The molecule has 1 aliphatic heterocycles. The SMILES string of the molecule is CCN(Cc1nc2c(N)nc3ccccc3c2n1CCCCOC(=O)NC1CS(=O)(=O)C1)C(=O)OCc1ccccc1. The molecule has 1 saturated heterocycles. The molecule has 1 fully saturated rings. The van der Waals surface area contributed by atoms with E-state index in [1.807, 2.05) is 66.1 Å². The average Bonchev–Trinajstić information content (AvgIpc) is 3.33. The number of fused-ring (bicyclic) bond motifs is 3. The summed E-state index contributed by atoms with van der Waals surface area (Å²) in [5, 5.41) is 3.46. The fraction of sp³-hybridized carbons (Fsp3) is 0.379. The van der Waals surface area contributed by atoms with E-state index in [0.717, 1.165) is 22.0 Å². The third-order valence-electron chi connectivity index (χ3n) is 7.11. The molecule has 0 unspecified atom stereocenters. The first kappa shape index (κ1) is 29.1. The van der Waals surface area contributed by atoms with Crippen LogP contribution in [-0.2, 0) is 39.0 Å². The molecule has 13 heteroatoms. The Morgan fingerprint density at radius 2 is 1.79 bits per heavy atom. The van der Waals surface area contributed by atoms with Gasteiger partial charge in [0.25, 0.3) is 0 Å². The van der Waals surface area contributed by atoms with Gasteiger partial charge in [-0.1, -0.05) is 48.5 Å². The summed E-state index contributed by atoms with van der Waals surface area (Å²) in [4.78, 5) is 35.9. The Morgan fingerprint density at radius 1 is 1.05 bits per heavy atom. The van der Waals surface area contributed by atoms with Gasteiger partial charge < -0.3 is 30.0 Å². The van der Waals surface area contributed by atoms with Crippen LogP contribution in [0.15, 0.2) is 54.6 Å². The zero-order valence-corrected chi connectivity index (χ0v) is 24.2. The molecule has 0 aliphatic carbocycles. The molecular formula is C29H34N6O6S. The van der Waals surface area contributed by atoms with Crippen molar-refractivity contribution in [1.29, 1.82) is 0 Å². The fourth-order valence-corrected chi connectivity index (χ4v) is 6.24. The summed E-state index contributed by atoms with van der Waals surface area (Å²) < 4.78 is 35.4. The number of nitrogens with zero attached hydrogens (tertiary/aromatic N) is 4. The second-order valence-corrected chi connectivity index (χ2v) is 12.4. The average molecular weight is 595 g/mol. The first-order chi connectivity index (χ1) is 20.2. The first-order valence-electron chi connectivity index (χ1n) is 13.9. The molecule has 42 heavy (non-hydrogen) atoms. The van der Waals surface area contributed by atoms with Gasteiger partial charge in [-0.2, -0.15) is 0 Å². The lowest BCUT2D eigenvalue weighted by Gasteiger charge is -2.26. The van der Waals surface area contributed by atoms with Crippen molar-refractivity contribution in [3.63, 3.8) is 0 Å². The van der Waals surface area contributed by atoms with Crippen molar-refractivity contribution < 1.29 is 27.5 Å². The number of alkyl carbamates (subject to hydrolysis) is 1. The maximum absolute atomic E-state index is 13.0. The van der Waals surface area contributed by atoms with Gasteiger partial charge in [-0.3, -0.25) is 0 Å². The second kappa shape index (κ2) is 12.6. The van der Waals surface area contributed by atoms with Gasteiger partial charge >= 0.3 is 12.2 Å². The number of imidazole rings is 1. The van der Waals surface area contributed by atoms with Crippen LogP contribution < -0.4 is 11.1 Å². The van der Waals surface area contributed by atoms with Crippen LogP contribution >= 0.6 is 0 Å². The lowest BCUT2D eigenvalue weighted by atomic mass is 10.2. The number of hydrogen-bond acceptors (Lipinski definition) is 9. The summed E-state index contributed by atoms with van der Waals surface area (Å²) in [6, 6.07) is 16.8. The number of pyridine rings is 1. The molecule has 0 atom stereocenters. The fourth-order valence-electron chi connectivity index (χ4n) is 4.95. The summed E-state index contributed by atoms with van der Waals surface area (Å²) in [5.74, 6) is 0.827. The zero-order valence-electron chi connectivity index (χ0n) is 23.4. The van der Waals surface area contributed by atoms with Crippen molar-refractivity contribution in [2.24, 2.45) is 0 Å². The number of rotatable bonds is 11. The van der Waals surface area contributed by atoms with E-state index < -0.39 is 28.1 Å². The van der Waals surface area contributed by atoms with E-state index in [1.54, 1.807) is 4.90 Å². The molecule has 5 rings (SSSR count). The number of aromatic nitrogens is 3. The number of amides is 2. The Kier molecular flexibility index (Phi) is 8.76. The van der Waals surface area contributed by atoms with Crippen LogP contribution in [0.3, 0.4) is 0 Å². The number of para-hydroxylation sites is 1. The number of anilines is 1. The molecule has 3 heterocycles. The highest BCUT2D eigenvalue weighted by Gasteiger charge is 2.34. The van der Waals surface area contributed by atoms with Crippen molar-refractivity contribution in [2.45, 2.75) is 45.5 Å². The summed E-state index contributed by atoms with van der Waals surface area (Å²) >= 11 is 0. The minimum Gasteiger partial charge on any atom is -0.450 e. The zero-order chi connectivity index (χ0) is 29.7. The van der Waals surface area contributed by atoms with Crippen LogP contribution in [0.1, 0.15) is 31.2 Å². The Bertz CT molecular complexity index is 1680. The lowest BCUT2D eigenvalue weighted by molar-refractivity contribution is 0.0944. The largest absolute Gasteiger partial charge is 0.450 e. The standard InChI is InChI=1S/C29H34N6O6S/c1-2-34(29(37)41-17-20-10-4-3-5-11-20)16-24-33-25-26(22-12-6-7-13-23(22)32-27(25)30)35(24)14-8-9-15-40-28(36)31-21-18-42(38,39)19-21/h3-7,10-13,21H,2,8-9,14-19H2,1H3,(H2,30,32)(H,31,36). The predicted molar refractivity (Wildman–Crippen MR) is 158 cm³/mol. The van der Waals surface area contributed by atoms with Gasteiger partial charge in [-0.15, -0.1) is 0 Å². The Morgan fingerprint density at radius 3 is 2.52 bits per heavy atom. The highest BCUT2D eigenvalue weighted by Crippen LogP contribution is 2.29. The van der Waals surface area contributed by atoms with Crippen LogP contribution in [0.25, 0.3) is 21.9 Å². The van der Waals surface area contributed by atoms with Gasteiger partial charge in [0, 0.05) is 18.5 Å². The summed E-state index contributed by atoms with van der Waals surface area (Å²) in [6.07, 6.45) is 0.130. The van der Waals surface area contributed by atoms with Crippen LogP contribution in [0.2, 0.25) is 0 Å². The first-order valence-corrected chi connectivity index (χ1v) is 15.7. The van der Waals surface area contributed by atoms with Crippen LogP contribution in [0.4, 0.5) is 15.4 Å². The van der Waals surface area contributed by atoms with Crippen molar-refractivity contribution in [3.05, 3.63) is 66.0 Å². The van der Waals surface area contributed by atoms with Crippen LogP contribution in [0, 0.1) is 0 Å². The number of unbranched alkanes of at least 4 members (excludes halogenated alkanes) is 1.